The Labute approximate surface area is 143 Å². The SMILES string of the molecule is CC1(C)Oc2ccc(C#N)cc2C(n2cc(Cl)cc(N)c2=O)C1O. The summed E-state index contributed by atoms with van der Waals surface area (Å²) in [7, 11) is 0. The van der Waals surface area contributed by atoms with E-state index in [-0.39, 0.29) is 10.7 Å². The van der Waals surface area contributed by atoms with Crippen molar-refractivity contribution in [3.05, 3.63) is 57.0 Å². The molecule has 1 aromatic heterocycles. The molecular formula is C17H16ClN3O3. The number of anilines is 1. The Balaban J connectivity index is 2.31. The lowest BCUT2D eigenvalue weighted by molar-refractivity contribution is -0.0642. The molecule has 24 heavy (non-hydrogen) atoms. The van der Waals surface area contributed by atoms with E-state index in [4.69, 9.17) is 27.3 Å². The molecular weight excluding hydrogens is 330 g/mol. The second-order valence-corrected chi connectivity index (χ2v) is 6.72. The van der Waals surface area contributed by atoms with Crippen molar-refractivity contribution in [3.63, 3.8) is 0 Å². The molecule has 0 amide bonds. The summed E-state index contributed by atoms with van der Waals surface area (Å²) in [4.78, 5) is 12.5. The highest BCUT2D eigenvalue weighted by Gasteiger charge is 2.44. The van der Waals surface area contributed by atoms with Gasteiger partial charge in [0.2, 0.25) is 0 Å². The number of halogens is 1. The molecule has 2 aromatic rings. The molecule has 1 aliphatic heterocycles. The number of aliphatic hydroxyl groups is 1. The topological polar surface area (TPSA) is 101 Å². The number of hydrogen-bond acceptors (Lipinski definition) is 5. The Morgan fingerprint density at radius 1 is 1.42 bits per heavy atom. The molecule has 3 rings (SSSR count). The van der Waals surface area contributed by atoms with E-state index in [0.717, 1.165) is 0 Å². The lowest BCUT2D eigenvalue weighted by Gasteiger charge is -2.42. The van der Waals surface area contributed by atoms with Crippen LogP contribution in [0.2, 0.25) is 5.02 Å². The Morgan fingerprint density at radius 3 is 2.79 bits per heavy atom. The van der Waals surface area contributed by atoms with Crippen LogP contribution >= 0.6 is 11.6 Å². The minimum absolute atomic E-state index is 0.0167. The zero-order valence-electron chi connectivity index (χ0n) is 13.2. The second kappa shape index (κ2) is 5.55. The molecule has 2 atom stereocenters. The van der Waals surface area contributed by atoms with E-state index in [9.17, 15) is 9.90 Å². The molecule has 0 radical (unpaired) electrons. The molecule has 2 unspecified atom stereocenters. The fraction of sp³-hybridized carbons (Fsp3) is 0.294. The van der Waals surface area contributed by atoms with Gasteiger partial charge in [-0.2, -0.15) is 5.26 Å². The van der Waals surface area contributed by atoms with Gasteiger partial charge in [-0.1, -0.05) is 11.6 Å². The standard InChI is InChI=1S/C17H16ClN3O3/c1-17(2)15(22)14(21-8-10(18)6-12(20)16(21)23)11-5-9(7-19)3-4-13(11)24-17/h3-6,8,14-15,22H,20H2,1-2H3. The normalized spacial score (nSPS) is 21.5. The van der Waals surface area contributed by atoms with E-state index in [0.29, 0.717) is 16.9 Å². The van der Waals surface area contributed by atoms with Crippen LogP contribution in [0.15, 0.2) is 35.3 Å². The molecule has 0 fully saturated rings. The third-order valence-corrected chi connectivity index (χ3v) is 4.39. The molecule has 124 valence electrons. The highest BCUT2D eigenvalue weighted by atomic mass is 35.5. The first-order valence-electron chi connectivity index (χ1n) is 7.33. The molecule has 2 heterocycles. The third kappa shape index (κ3) is 2.52. The lowest BCUT2D eigenvalue weighted by Crippen LogP contribution is -2.52. The Morgan fingerprint density at radius 2 is 2.12 bits per heavy atom. The number of aliphatic hydroxyl groups excluding tert-OH is 1. The van der Waals surface area contributed by atoms with Crippen LogP contribution in [0.4, 0.5) is 5.69 Å². The van der Waals surface area contributed by atoms with E-state index in [1.807, 2.05) is 6.07 Å². The van der Waals surface area contributed by atoms with Crippen LogP contribution in [0.25, 0.3) is 0 Å². The average Bonchev–Trinajstić information content (AvgIpc) is 2.52. The van der Waals surface area contributed by atoms with Gasteiger partial charge in [0.05, 0.1) is 28.4 Å². The summed E-state index contributed by atoms with van der Waals surface area (Å²) in [6.07, 6.45) is 0.382. The molecule has 7 heteroatoms. The van der Waals surface area contributed by atoms with Gasteiger partial charge in [-0.05, 0) is 38.1 Å². The van der Waals surface area contributed by atoms with Crippen molar-refractivity contribution >= 4 is 17.3 Å². The predicted molar refractivity (Wildman–Crippen MR) is 90.1 cm³/mol. The summed E-state index contributed by atoms with van der Waals surface area (Å²) < 4.78 is 7.14. The first-order valence-corrected chi connectivity index (χ1v) is 7.70. The second-order valence-electron chi connectivity index (χ2n) is 6.29. The van der Waals surface area contributed by atoms with Gasteiger partial charge in [-0.15, -0.1) is 0 Å². The summed E-state index contributed by atoms with van der Waals surface area (Å²) in [5.74, 6) is 0.500. The quantitative estimate of drug-likeness (QED) is 0.824. The number of hydrogen-bond donors (Lipinski definition) is 2. The maximum atomic E-state index is 12.5. The van der Waals surface area contributed by atoms with Gasteiger partial charge >= 0.3 is 0 Å². The number of nitrogens with two attached hydrogens (primary N) is 1. The van der Waals surface area contributed by atoms with Crippen LogP contribution in [-0.2, 0) is 0 Å². The number of benzene rings is 1. The summed E-state index contributed by atoms with van der Waals surface area (Å²) in [5.41, 5.74) is 5.24. The number of nitrogen functional groups attached to an aromatic ring is 1. The Hall–Kier alpha value is -2.49. The number of aromatic nitrogens is 1. The Bertz CT molecular complexity index is 914. The number of fused-ring (bicyclic) bond motifs is 1. The lowest BCUT2D eigenvalue weighted by atomic mass is 9.85. The van der Waals surface area contributed by atoms with Crippen LogP contribution in [0.3, 0.4) is 0 Å². The largest absolute Gasteiger partial charge is 0.485 e. The van der Waals surface area contributed by atoms with Gasteiger partial charge in [0, 0.05) is 11.8 Å². The zero-order chi connectivity index (χ0) is 17.6. The molecule has 0 saturated heterocycles. The van der Waals surface area contributed by atoms with Crippen LogP contribution < -0.4 is 16.0 Å². The van der Waals surface area contributed by atoms with Crippen molar-refractivity contribution in [2.45, 2.75) is 31.6 Å². The van der Waals surface area contributed by atoms with Crippen molar-refractivity contribution < 1.29 is 9.84 Å². The van der Waals surface area contributed by atoms with E-state index in [1.165, 1.54) is 16.8 Å². The van der Waals surface area contributed by atoms with Crippen LogP contribution in [0, 0.1) is 11.3 Å². The van der Waals surface area contributed by atoms with E-state index in [2.05, 4.69) is 0 Å². The first kappa shape index (κ1) is 16.4. The summed E-state index contributed by atoms with van der Waals surface area (Å²) in [6.45, 7) is 3.45. The van der Waals surface area contributed by atoms with Crippen molar-refractivity contribution in [3.8, 4) is 11.8 Å². The number of pyridine rings is 1. The van der Waals surface area contributed by atoms with Crippen molar-refractivity contribution in [1.29, 1.82) is 5.26 Å². The number of rotatable bonds is 1. The van der Waals surface area contributed by atoms with Gasteiger partial charge < -0.3 is 20.1 Å². The maximum absolute atomic E-state index is 12.5. The fourth-order valence-electron chi connectivity index (χ4n) is 2.93. The first-order chi connectivity index (χ1) is 11.2. The van der Waals surface area contributed by atoms with Crippen molar-refractivity contribution in [1.82, 2.24) is 4.57 Å². The zero-order valence-corrected chi connectivity index (χ0v) is 13.9. The summed E-state index contributed by atoms with van der Waals surface area (Å²) in [6, 6.07) is 7.52. The van der Waals surface area contributed by atoms with Gasteiger partial charge in [0.15, 0.2) is 0 Å². The minimum atomic E-state index is -1.05. The van der Waals surface area contributed by atoms with E-state index >= 15 is 0 Å². The number of nitriles is 1. The minimum Gasteiger partial charge on any atom is -0.485 e. The highest BCUT2D eigenvalue weighted by molar-refractivity contribution is 6.30. The average molecular weight is 346 g/mol. The monoisotopic (exact) mass is 345 g/mol. The van der Waals surface area contributed by atoms with Gasteiger partial charge in [0.25, 0.3) is 5.56 Å². The molecule has 0 spiro atoms. The molecule has 1 aromatic carbocycles. The van der Waals surface area contributed by atoms with Crippen LogP contribution in [-0.4, -0.2) is 21.4 Å². The van der Waals surface area contributed by atoms with Crippen molar-refractivity contribution in [2.24, 2.45) is 0 Å². The molecule has 0 saturated carbocycles. The van der Waals surface area contributed by atoms with E-state index in [1.54, 1.807) is 32.0 Å². The van der Waals surface area contributed by atoms with Gasteiger partial charge in [0.1, 0.15) is 17.5 Å². The molecule has 0 bridgehead atoms. The third-order valence-electron chi connectivity index (χ3n) is 4.18. The number of nitrogens with zero attached hydrogens (tertiary/aromatic N) is 2. The van der Waals surface area contributed by atoms with E-state index < -0.39 is 23.3 Å². The molecule has 3 N–H and O–H groups in total. The summed E-state index contributed by atoms with van der Waals surface area (Å²) in [5, 5.41) is 20.2. The van der Waals surface area contributed by atoms with Crippen molar-refractivity contribution in [2.75, 3.05) is 5.73 Å². The predicted octanol–water partition coefficient (Wildman–Crippen LogP) is 2.08. The van der Waals surface area contributed by atoms with Crippen LogP contribution in [0.1, 0.15) is 31.0 Å². The fourth-order valence-corrected chi connectivity index (χ4v) is 3.16. The maximum Gasteiger partial charge on any atom is 0.274 e. The molecule has 0 aliphatic carbocycles. The number of ether oxygens (including phenoxy) is 1. The van der Waals surface area contributed by atoms with Gasteiger partial charge in [-0.25, -0.2) is 0 Å². The highest BCUT2D eigenvalue weighted by Crippen LogP contribution is 2.42. The summed E-state index contributed by atoms with van der Waals surface area (Å²) >= 11 is 6.04. The smallest absolute Gasteiger partial charge is 0.274 e. The molecule has 6 nitrogen and oxygen atoms in total. The molecule has 1 aliphatic rings. The Kier molecular flexibility index (Phi) is 3.78. The van der Waals surface area contributed by atoms with Crippen LogP contribution in [0.5, 0.6) is 5.75 Å². The van der Waals surface area contributed by atoms with Gasteiger partial charge in [-0.3, -0.25) is 4.79 Å².